The molecule has 0 saturated carbocycles. The number of aromatic hydroxyl groups is 1. The Balaban J connectivity index is 1.86. The number of benzene rings is 2. The lowest BCUT2D eigenvalue weighted by atomic mass is 9.85. The molecule has 0 saturated heterocycles. The molecule has 5 nitrogen and oxygen atoms in total. The van der Waals surface area contributed by atoms with Crippen molar-refractivity contribution in [2.45, 2.75) is 72.3 Å². The van der Waals surface area contributed by atoms with Gasteiger partial charge in [0.25, 0.3) is 5.91 Å². The number of H-pyrrole nitrogens is 1. The first-order chi connectivity index (χ1) is 15.6. The van der Waals surface area contributed by atoms with Gasteiger partial charge in [0.2, 0.25) is 0 Å². The SMILES string of the molecule is CCCCCN1C(=O)c2[nH]nc(-c3cc(C)cc(C)c3O)c2C1c1ccc(C(C)(C)C)cc1. The van der Waals surface area contributed by atoms with Gasteiger partial charge in [0.1, 0.15) is 17.1 Å². The van der Waals surface area contributed by atoms with E-state index in [2.05, 4.69) is 62.2 Å². The highest BCUT2D eigenvalue weighted by molar-refractivity contribution is 6.00. The second-order valence-corrected chi connectivity index (χ2v) is 10.3. The molecule has 4 rings (SSSR count). The van der Waals surface area contributed by atoms with Crippen LogP contribution in [0.3, 0.4) is 0 Å². The lowest BCUT2D eigenvalue weighted by Crippen LogP contribution is -2.30. The summed E-state index contributed by atoms with van der Waals surface area (Å²) in [6.45, 7) is 13.4. The maximum absolute atomic E-state index is 13.5. The van der Waals surface area contributed by atoms with Crippen molar-refractivity contribution in [3.8, 4) is 17.0 Å². The third kappa shape index (κ3) is 4.17. The maximum atomic E-state index is 13.5. The second kappa shape index (κ2) is 8.69. The predicted octanol–water partition coefficient (Wildman–Crippen LogP) is 6.43. The molecule has 0 bridgehead atoms. The number of phenolic OH excluding ortho intramolecular Hbond substituents is 1. The zero-order chi connectivity index (χ0) is 23.9. The number of rotatable bonds is 6. The molecule has 174 valence electrons. The van der Waals surface area contributed by atoms with E-state index in [-0.39, 0.29) is 23.1 Å². The van der Waals surface area contributed by atoms with Crippen LogP contribution in [0.1, 0.15) is 91.3 Å². The van der Waals surface area contributed by atoms with Gasteiger partial charge in [-0.25, -0.2) is 0 Å². The van der Waals surface area contributed by atoms with Crippen molar-refractivity contribution in [3.63, 3.8) is 0 Å². The van der Waals surface area contributed by atoms with E-state index in [1.807, 2.05) is 30.9 Å². The summed E-state index contributed by atoms with van der Waals surface area (Å²) in [7, 11) is 0. The van der Waals surface area contributed by atoms with E-state index < -0.39 is 0 Å². The number of amides is 1. The van der Waals surface area contributed by atoms with Gasteiger partial charge in [-0.3, -0.25) is 9.89 Å². The van der Waals surface area contributed by atoms with E-state index in [0.29, 0.717) is 23.5 Å². The number of nitrogens with one attached hydrogen (secondary N) is 1. The summed E-state index contributed by atoms with van der Waals surface area (Å²) in [5, 5.41) is 18.4. The first-order valence-corrected chi connectivity index (χ1v) is 11.9. The molecule has 1 aliphatic heterocycles. The minimum Gasteiger partial charge on any atom is -0.507 e. The molecule has 1 atom stereocenters. The van der Waals surface area contributed by atoms with E-state index in [1.165, 1.54) is 5.56 Å². The number of hydrogen-bond acceptors (Lipinski definition) is 3. The lowest BCUT2D eigenvalue weighted by molar-refractivity contribution is 0.0740. The number of nitrogens with zero attached hydrogens (tertiary/aromatic N) is 2. The number of aryl methyl sites for hydroxylation is 2. The molecular weight excluding hydrogens is 410 g/mol. The fraction of sp³-hybridized carbons (Fsp3) is 0.429. The highest BCUT2D eigenvalue weighted by atomic mass is 16.3. The first kappa shape index (κ1) is 23.1. The molecular formula is C28H35N3O2. The van der Waals surface area contributed by atoms with Crippen molar-refractivity contribution in [2.75, 3.05) is 6.54 Å². The molecule has 0 radical (unpaired) electrons. The zero-order valence-electron chi connectivity index (χ0n) is 20.6. The molecule has 5 heteroatoms. The first-order valence-electron chi connectivity index (χ1n) is 11.9. The molecule has 0 spiro atoms. The Morgan fingerprint density at radius 2 is 1.79 bits per heavy atom. The zero-order valence-corrected chi connectivity index (χ0v) is 20.6. The number of unbranched alkanes of at least 4 members (excludes halogenated alkanes) is 2. The van der Waals surface area contributed by atoms with Crippen molar-refractivity contribution in [3.05, 3.63) is 69.9 Å². The van der Waals surface area contributed by atoms with Crippen molar-refractivity contribution in [1.82, 2.24) is 15.1 Å². The molecule has 1 aromatic heterocycles. The van der Waals surface area contributed by atoms with Gasteiger partial charge in [-0.05, 0) is 54.0 Å². The van der Waals surface area contributed by atoms with Crippen LogP contribution in [0.5, 0.6) is 5.75 Å². The summed E-state index contributed by atoms with van der Waals surface area (Å²) in [6, 6.07) is 12.3. The molecule has 3 aromatic rings. The van der Waals surface area contributed by atoms with Crippen LogP contribution in [0.4, 0.5) is 0 Å². The van der Waals surface area contributed by atoms with Crippen molar-refractivity contribution in [2.24, 2.45) is 0 Å². The molecule has 0 aliphatic carbocycles. The molecule has 0 fully saturated rings. The van der Waals surface area contributed by atoms with Gasteiger partial charge in [0.05, 0.1) is 6.04 Å². The van der Waals surface area contributed by atoms with Crippen LogP contribution in [0.15, 0.2) is 36.4 Å². The second-order valence-electron chi connectivity index (χ2n) is 10.3. The van der Waals surface area contributed by atoms with E-state index in [0.717, 1.165) is 41.5 Å². The van der Waals surface area contributed by atoms with Crippen molar-refractivity contribution < 1.29 is 9.90 Å². The molecule has 1 unspecified atom stereocenters. The van der Waals surface area contributed by atoms with Gasteiger partial charge in [-0.2, -0.15) is 5.10 Å². The third-order valence-electron chi connectivity index (χ3n) is 6.66. The number of carbonyl (C=O) groups is 1. The van der Waals surface area contributed by atoms with Crippen LogP contribution in [-0.4, -0.2) is 32.7 Å². The van der Waals surface area contributed by atoms with E-state index in [9.17, 15) is 9.90 Å². The van der Waals surface area contributed by atoms with Crippen molar-refractivity contribution >= 4 is 5.91 Å². The number of aromatic nitrogens is 2. The highest BCUT2D eigenvalue weighted by Crippen LogP contribution is 2.45. The Kier molecular flexibility index (Phi) is 6.08. The molecule has 2 N–H and O–H groups in total. The fourth-order valence-corrected chi connectivity index (χ4v) is 4.82. The maximum Gasteiger partial charge on any atom is 0.273 e. The molecule has 1 amide bonds. The van der Waals surface area contributed by atoms with Gasteiger partial charge in [-0.15, -0.1) is 0 Å². The monoisotopic (exact) mass is 445 g/mol. The largest absolute Gasteiger partial charge is 0.507 e. The Morgan fingerprint density at radius 3 is 2.42 bits per heavy atom. The van der Waals surface area contributed by atoms with Gasteiger partial charge >= 0.3 is 0 Å². The number of phenols is 1. The average Bonchev–Trinajstić information content (AvgIpc) is 3.30. The van der Waals surface area contributed by atoms with E-state index >= 15 is 0 Å². The predicted molar refractivity (Wildman–Crippen MR) is 133 cm³/mol. The number of fused-ring (bicyclic) bond motifs is 1. The van der Waals surface area contributed by atoms with Crippen LogP contribution in [0.2, 0.25) is 0 Å². The average molecular weight is 446 g/mol. The summed E-state index contributed by atoms with van der Waals surface area (Å²) >= 11 is 0. The van der Waals surface area contributed by atoms with E-state index in [4.69, 9.17) is 0 Å². The van der Waals surface area contributed by atoms with Gasteiger partial charge in [0, 0.05) is 17.7 Å². The summed E-state index contributed by atoms with van der Waals surface area (Å²) in [6.07, 6.45) is 3.14. The number of carbonyl (C=O) groups excluding carboxylic acids is 1. The number of hydrogen-bond donors (Lipinski definition) is 2. The topological polar surface area (TPSA) is 69.2 Å². The molecule has 33 heavy (non-hydrogen) atoms. The Bertz CT molecular complexity index is 1170. The third-order valence-corrected chi connectivity index (χ3v) is 6.66. The van der Waals surface area contributed by atoms with Gasteiger partial charge in [-0.1, -0.05) is 70.9 Å². The van der Waals surface area contributed by atoms with Crippen molar-refractivity contribution in [1.29, 1.82) is 0 Å². The van der Waals surface area contributed by atoms with E-state index in [1.54, 1.807) is 0 Å². The smallest absolute Gasteiger partial charge is 0.273 e. The minimum atomic E-state index is -0.229. The minimum absolute atomic E-state index is 0.0198. The van der Waals surface area contributed by atoms with Gasteiger partial charge in [0.15, 0.2) is 0 Å². The van der Waals surface area contributed by atoms with Crippen LogP contribution in [-0.2, 0) is 5.41 Å². The van der Waals surface area contributed by atoms with Gasteiger partial charge < -0.3 is 10.0 Å². The van der Waals surface area contributed by atoms with Crippen LogP contribution in [0.25, 0.3) is 11.3 Å². The quantitative estimate of drug-likeness (QED) is 0.429. The Hall–Kier alpha value is -3.08. The fourth-order valence-electron chi connectivity index (χ4n) is 4.82. The summed E-state index contributed by atoms with van der Waals surface area (Å²) < 4.78 is 0. The summed E-state index contributed by atoms with van der Waals surface area (Å²) in [5.41, 5.74) is 6.96. The molecule has 1 aliphatic rings. The lowest BCUT2D eigenvalue weighted by Gasteiger charge is -2.27. The van der Waals surface area contributed by atoms with Crippen LogP contribution in [0, 0.1) is 13.8 Å². The standard InChI is InChI=1S/C28H35N3O2/c1-7-8-9-14-31-25(19-10-12-20(13-11-19)28(4,5)6)22-23(29-30-24(22)27(31)33)21-16-17(2)15-18(3)26(21)32/h10-13,15-16,25,32H,7-9,14H2,1-6H3,(H,29,30). The Labute approximate surface area is 196 Å². The highest BCUT2D eigenvalue weighted by Gasteiger charge is 2.42. The normalized spacial score (nSPS) is 15.9. The number of aromatic amines is 1. The Morgan fingerprint density at radius 1 is 1.09 bits per heavy atom. The summed E-state index contributed by atoms with van der Waals surface area (Å²) in [5.74, 6) is 0.197. The van der Waals surface area contributed by atoms with Crippen LogP contribution >= 0.6 is 0 Å². The van der Waals surface area contributed by atoms with Crippen LogP contribution < -0.4 is 0 Å². The summed E-state index contributed by atoms with van der Waals surface area (Å²) in [4.78, 5) is 15.4. The molecule has 2 heterocycles. The molecule has 2 aromatic carbocycles.